The number of aliphatic carboxylic acids is 2. The Labute approximate surface area is 464 Å². The van der Waals surface area contributed by atoms with Gasteiger partial charge in [0.15, 0.2) is 12.5 Å². The molecule has 18 N–H and O–H groups in total. The molecule has 18 atom stereocenters. The van der Waals surface area contributed by atoms with Gasteiger partial charge in [-0.15, -0.1) is 0 Å². The number of carbonyl (C=O) groups is 9. The molecule has 82 heavy (non-hydrogen) atoms. The Morgan fingerprint density at radius 3 is 1.89 bits per heavy atom. The molecule has 0 aliphatic carbocycles. The lowest BCUT2D eigenvalue weighted by Crippen LogP contribution is -2.66. The topological polar surface area (TPSA) is 570 Å². The summed E-state index contributed by atoms with van der Waals surface area (Å²) in [6, 6.07) is -9.46. The van der Waals surface area contributed by atoms with Gasteiger partial charge in [0.25, 0.3) is 5.56 Å². The maximum atomic E-state index is 13.8. The maximum Gasteiger partial charge on any atom is 0.483 e. The SMILES string of the molecule is CC(=O)N[C@H]1C(OP(=O)(O)OP(=O)(O)OC[C@H]2O[C@@H](n3ccc(=O)[nH]c3=O)[C@H](O)[C@@H]2O)O[C@H](CO)[C@@H](O)[C@@H]1OC(C)C(=O)N[C@@H](C)C(=O)N[C@H](CCC(=O)O)C(=O)N[C@@H](CCCCNC(=O)[C@H](C)N)C(=O)N[C@H](C)C(=O)N[C@H](C)C(=O)O. The van der Waals surface area contributed by atoms with E-state index in [1.54, 1.807) is 0 Å². The summed E-state index contributed by atoms with van der Waals surface area (Å²) in [5, 5.41) is 77.0. The number of amides is 7. The second-order valence-electron chi connectivity index (χ2n) is 18.8. The Hall–Kier alpha value is -6.15. The molecule has 2 aliphatic rings. The minimum atomic E-state index is -5.98. The first-order chi connectivity index (χ1) is 38.1. The van der Waals surface area contributed by atoms with Crippen LogP contribution in [0, 0.1) is 0 Å². The number of hydrogen-bond acceptors (Lipinski definition) is 24. The molecule has 1 aromatic rings. The number of aliphatic hydroxyl groups excluding tert-OH is 4. The van der Waals surface area contributed by atoms with Crippen molar-refractivity contribution in [2.45, 2.75) is 171 Å². The van der Waals surface area contributed by atoms with E-state index in [0.717, 1.165) is 33.0 Å². The van der Waals surface area contributed by atoms with Crippen molar-refractivity contribution in [3.8, 4) is 0 Å². The van der Waals surface area contributed by atoms with E-state index in [-0.39, 0.29) is 25.8 Å². The highest BCUT2D eigenvalue weighted by molar-refractivity contribution is 7.61. The van der Waals surface area contributed by atoms with Gasteiger partial charge in [-0.2, -0.15) is 4.31 Å². The molecule has 0 aromatic carbocycles. The van der Waals surface area contributed by atoms with Crippen molar-refractivity contribution in [1.29, 1.82) is 0 Å². The average molecular weight is 1220 g/mol. The van der Waals surface area contributed by atoms with Crippen molar-refractivity contribution in [2.24, 2.45) is 5.73 Å². The lowest BCUT2D eigenvalue weighted by atomic mass is 9.96. The molecular weight excluding hydrogens is 1150 g/mol. The third-order valence-corrected chi connectivity index (χ3v) is 14.6. The van der Waals surface area contributed by atoms with Crippen LogP contribution in [0.5, 0.6) is 0 Å². The van der Waals surface area contributed by atoms with Crippen molar-refractivity contribution in [3.05, 3.63) is 33.1 Å². The van der Waals surface area contributed by atoms with Crippen LogP contribution in [0.15, 0.2) is 21.9 Å². The molecule has 2 saturated heterocycles. The highest BCUT2D eigenvalue weighted by Crippen LogP contribution is 2.61. The number of H-pyrrole nitrogens is 1. The lowest BCUT2D eigenvalue weighted by molar-refractivity contribution is -0.261. The second kappa shape index (κ2) is 31.5. The van der Waals surface area contributed by atoms with Crippen molar-refractivity contribution in [1.82, 2.24) is 46.8 Å². The molecule has 0 bridgehead atoms. The van der Waals surface area contributed by atoms with Crippen molar-refractivity contribution in [3.63, 3.8) is 0 Å². The van der Waals surface area contributed by atoms with Gasteiger partial charge < -0.3 is 97.6 Å². The Balaban J connectivity index is 1.75. The minimum Gasteiger partial charge on any atom is -0.481 e. The number of unbranched alkanes of at least 4 members (excludes halogenated alkanes) is 1. The van der Waals surface area contributed by atoms with E-state index in [1.807, 2.05) is 4.98 Å². The number of hydrogen-bond donors (Lipinski definition) is 17. The summed E-state index contributed by atoms with van der Waals surface area (Å²) in [6.45, 7) is 4.67. The number of aromatic nitrogens is 2. The monoisotopic (exact) mass is 1220 g/mol. The van der Waals surface area contributed by atoms with Crippen LogP contribution >= 0.6 is 15.6 Å². The molecule has 1 aromatic heterocycles. The van der Waals surface area contributed by atoms with Gasteiger partial charge in [0.05, 0.1) is 19.3 Å². The lowest BCUT2D eigenvalue weighted by Gasteiger charge is -2.44. The van der Waals surface area contributed by atoms with Crippen LogP contribution in [-0.4, -0.2) is 214 Å². The van der Waals surface area contributed by atoms with Gasteiger partial charge in [-0.05, 0) is 60.3 Å². The van der Waals surface area contributed by atoms with Crippen molar-refractivity contribution < 1.29 is 120 Å². The largest absolute Gasteiger partial charge is 0.483 e. The van der Waals surface area contributed by atoms with Gasteiger partial charge in [-0.1, -0.05) is 0 Å². The third kappa shape index (κ3) is 21.6. The summed E-state index contributed by atoms with van der Waals surface area (Å²) in [5.41, 5.74) is 3.66. The fourth-order valence-electron chi connectivity index (χ4n) is 7.60. The number of carboxylic acids is 2. The van der Waals surface area contributed by atoms with Gasteiger partial charge in [-0.3, -0.25) is 66.5 Å². The van der Waals surface area contributed by atoms with Crippen molar-refractivity contribution >= 4 is 68.9 Å². The molecule has 4 unspecified atom stereocenters. The molecule has 3 rings (SSSR count). The summed E-state index contributed by atoms with van der Waals surface area (Å²) in [4.78, 5) is 161. The number of nitrogens with two attached hydrogens (primary N) is 1. The number of phosphoric ester groups is 2. The van der Waals surface area contributed by atoms with Crippen LogP contribution in [0.2, 0.25) is 0 Å². The molecule has 2 fully saturated rings. The molecule has 3 heterocycles. The Morgan fingerprint density at radius 1 is 0.744 bits per heavy atom. The maximum absolute atomic E-state index is 13.8. The van der Waals surface area contributed by atoms with Crippen LogP contribution in [-0.2, 0) is 79.8 Å². The molecule has 37 nitrogen and oxygen atoms in total. The Kier molecular flexibility index (Phi) is 26.9. The van der Waals surface area contributed by atoms with Crippen LogP contribution in [0.25, 0.3) is 0 Å². The fraction of sp³-hybridized carbons (Fsp3) is 0.698. The number of carboxylic acid groups (broad SMARTS) is 2. The number of ether oxygens (including phenoxy) is 3. The van der Waals surface area contributed by atoms with E-state index in [1.165, 1.54) is 20.8 Å². The van der Waals surface area contributed by atoms with Gasteiger partial charge in [0, 0.05) is 32.2 Å². The number of nitrogens with one attached hydrogen (secondary N) is 8. The van der Waals surface area contributed by atoms with Gasteiger partial charge in [0.2, 0.25) is 41.4 Å². The van der Waals surface area contributed by atoms with Crippen molar-refractivity contribution in [2.75, 3.05) is 19.8 Å². The van der Waals surface area contributed by atoms with Crippen LogP contribution < -0.4 is 54.2 Å². The van der Waals surface area contributed by atoms with E-state index < -0.39 is 204 Å². The first-order valence-electron chi connectivity index (χ1n) is 25.0. The first kappa shape index (κ1) is 70.1. The zero-order chi connectivity index (χ0) is 62.1. The normalized spacial score (nSPS) is 25.6. The summed E-state index contributed by atoms with van der Waals surface area (Å²) < 4.78 is 57.3. The minimum absolute atomic E-state index is 0.0940. The molecule has 0 radical (unpaired) electrons. The van der Waals surface area contributed by atoms with Gasteiger partial charge >= 0.3 is 33.3 Å². The Bertz CT molecular complexity index is 2660. The third-order valence-electron chi connectivity index (χ3n) is 12.0. The summed E-state index contributed by atoms with van der Waals surface area (Å²) in [5.74, 6) is -9.56. The highest BCUT2D eigenvalue weighted by Gasteiger charge is 2.52. The van der Waals surface area contributed by atoms with E-state index >= 15 is 0 Å². The summed E-state index contributed by atoms with van der Waals surface area (Å²) in [6.07, 6.45) is -17.4. The molecule has 39 heteroatoms. The average Bonchev–Trinajstić information content (AvgIpc) is 3.84. The predicted octanol–water partition coefficient (Wildman–Crippen LogP) is -7.17. The smallest absolute Gasteiger partial charge is 0.481 e. The van der Waals surface area contributed by atoms with E-state index in [4.69, 9.17) is 29.6 Å². The summed E-state index contributed by atoms with van der Waals surface area (Å²) >= 11 is 0. The number of aromatic amines is 1. The van der Waals surface area contributed by atoms with E-state index in [2.05, 4.69) is 46.1 Å². The predicted molar refractivity (Wildman–Crippen MR) is 270 cm³/mol. The molecular formula is C43H70N10O27P2. The molecule has 464 valence electrons. The number of nitrogens with zero attached hydrogens (tertiary/aromatic N) is 1. The van der Waals surface area contributed by atoms with E-state index in [0.29, 0.717) is 4.57 Å². The fourth-order valence-corrected chi connectivity index (χ4v) is 9.76. The molecule has 7 amide bonds. The highest BCUT2D eigenvalue weighted by atomic mass is 31.3. The van der Waals surface area contributed by atoms with Crippen LogP contribution in [0.1, 0.15) is 79.9 Å². The van der Waals surface area contributed by atoms with Crippen LogP contribution in [0.4, 0.5) is 0 Å². The van der Waals surface area contributed by atoms with Gasteiger partial charge in [0.1, 0.15) is 79.0 Å². The molecule has 2 aliphatic heterocycles. The molecule has 0 spiro atoms. The number of aliphatic hydroxyl groups is 4. The zero-order valence-electron chi connectivity index (χ0n) is 44.8. The second-order valence-corrected chi connectivity index (χ2v) is 21.8. The summed E-state index contributed by atoms with van der Waals surface area (Å²) in [7, 11) is -11.8. The number of carbonyl (C=O) groups excluding carboxylic acids is 7. The van der Waals surface area contributed by atoms with E-state index in [9.17, 15) is 97.2 Å². The Morgan fingerprint density at radius 2 is 1.32 bits per heavy atom. The molecule has 0 saturated carbocycles. The van der Waals surface area contributed by atoms with Gasteiger partial charge in [-0.25, -0.2) is 13.9 Å². The standard InChI is InChI=1S/C43H70N10O27P2/c1-17(44)34(62)45-13-8-7-9-23(38(66)47-18(2)35(63)48-20(4)41(68)69)51-39(67)24(10-11-28(57)58)50-36(64)19(3)46-37(65)21(5)76-33-29(49-22(6)55)42(78-25(15-54)31(33)60)79-82(73,74)80-81(71,72)75-16-26-30(59)32(61)40(77-26)53-14-12-27(56)52-43(53)70/h12,14,17-21,23-26,29-33,40,42,54,59-61H,7-11,13,15-16,44H2,1-6H3,(H,45,62)(H,46,65)(H,47,66)(H,48,63)(H,49,55)(H,50,64)(H,51,67)(H,57,58)(H,68,69)(H,71,72)(H,73,74)(H,52,56,70)/t17-,18+,19-,20+,21?,23-,24+,25+,26+,29+,30+,31+,32+,33+,40+,42?/m0/s1. The quantitative estimate of drug-likeness (QED) is 0.0235. The first-order valence-corrected chi connectivity index (χ1v) is 28.0. The number of rotatable bonds is 32. The zero-order valence-corrected chi connectivity index (χ0v) is 46.6. The number of phosphoric acid groups is 2. The van der Waals surface area contributed by atoms with Crippen LogP contribution in [0.3, 0.4) is 0 Å².